The van der Waals surface area contributed by atoms with Gasteiger partial charge >= 0.3 is 6.36 Å². The van der Waals surface area contributed by atoms with Crippen LogP contribution in [0.5, 0.6) is 5.75 Å². The number of halogens is 3. The van der Waals surface area contributed by atoms with Gasteiger partial charge in [0.1, 0.15) is 5.75 Å². The number of pyridine rings is 1. The lowest BCUT2D eigenvalue weighted by molar-refractivity contribution is -0.849. The van der Waals surface area contributed by atoms with Gasteiger partial charge in [-0.25, -0.2) is 0 Å². The Bertz CT molecular complexity index is 1030. The number of likely N-dealkylation sites (N-methyl/N-ethyl adjacent to an activating group) is 1. The van der Waals surface area contributed by atoms with E-state index in [9.17, 15) is 22.8 Å². The number of benzene rings is 1. The zero-order chi connectivity index (χ0) is 22.3. The SMILES string of the molecule is C[NH+](C)CC(=O)N1C[C@@H]2C[C@H](C1)c1ccc(-c3ccc(OC(F)(F)F)cc3)c(=O)n1C2. The molecule has 9 heteroatoms. The van der Waals surface area contributed by atoms with Crippen LogP contribution in [-0.4, -0.2) is 55.5 Å². The summed E-state index contributed by atoms with van der Waals surface area (Å²) in [4.78, 5) is 28.7. The van der Waals surface area contributed by atoms with Gasteiger partial charge in [0.25, 0.3) is 11.5 Å². The van der Waals surface area contributed by atoms with E-state index < -0.39 is 6.36 Å². The lowest BCUT2D eigenvalue weighted by Crippen LogP contribution is -3.07. The predicted octanol–water partition coefficient (Wildman–Crippen LogP) is 1.50. The predicted molar refractivity (Wildman–Crippen MR) is 108 cm³/mol. The van der Waals surface area contributed by atoms with E-state index in [4.69, 9.17) is 0 Å². The Kier molecular flexibility index (Phi) is 5.55. The Morgan fingerprint density at radius 3 is 2.45 bits per heavy atom. The third kappa shape index (κ3) is 4.61. The number of ether oxygens (including phenoxy) is 1. The number of carbonyl (C=O) groups is 1. The van der Waals surface area contributed by atoms with E-state index in [-0.39, 0.29) is 29.1 Å². The molecule has 4 rings (SSSR count). The first kappa shape index (κ1) is 21.4. The molecule has 0 aliphatic carbocycles. The highest BCUT2D eigenvalue weighted by Gasteiger charge is 2.37. The molecule has 166 valence electrons. The number of alkyl halides is 3. The molecule has 2 aromatic rings. The summed E-state index contributed by atoms with van der Waals surface area (Å²) in [6, 6.07) is 8.95. The van der Waals surface area contributed by atoms with Crippen LogP contribution in [0, 0.1) is 5.92 Å². The van der Waals surface area contributed by atoms with E-state index in [1.165, 1.54) is 24.3 Å². The molecule has 1 N–H and O–H groups in total. The average molecular weight is 436 g/mol. The third-order valence-electron chi connectivity index (χ3n) is 5.86. The van der Waals surface area contributed by atoms with Gasteiger partial charge in [-0.1, -0.05) is 12.1 Å². The van der Waals surface area contributed by atoms with Gasteiger partial charge in [-0.15, -0.1) is 13.2 Å². The first-order chi connectivity index (χ1) is 14.6. The highest BCUT2D eigenvalue weighted by molar-refractivity contribution is 5.77. The smallest absolute Gasteiger partial charge is 0.406 e. The van der Waals surface area contributed by atoms with Crippen molar-refractivity contribution < 1.29 is 27.6 Å². The van der Waals surface area contributed by atoms with E-state index in [2.05, 4.69) is 4.74 Å². The van der Waals surface area contributed by atoms with E-state index >= 15 is 0 Å². The molecule has 1 aromatic heterocycles. The van der Waals surface area contributed by atoms with Crippen LogP contribution in [0.3, 0.4) is 0 Å². The lowest BCUT2D eigenvalue weighted by atomic mass is 9.82. The number of rotatable bonds is 4. The zero-order valence-electron chi connectivity index (χ0n) is 17.4. The first-order valence-electron chi connectivity index (χ1n) is 10.3. The summed E-state index contributed by atoms with van der Waals surface area (Å²) < 4.78 is 42.8. The normalized spacial score (nSPS) is 20.5. The average Bonchev–Trinajstić information content (AvgIpc) is 2.68. The van der Waals surface area contributed by atoms with Crippen LogP contribution >= 0.6 is 0 Å². The molecular weight excluding hydrogens is 411 g/mol. The zero-order valence-corrected chi connectivity index (χ0v) is 17.4. The molecule has 0 spiro atoms. The molecule has 2 bridgehead atoms. The summed E-state index contributed by atoms with van der Waals surface area (Å²) in [5.41, 5.74) is 1.73. The number of nitrogens with zero attached hydrogens (tertiary/aromatic N) is 2. The molecular formula is C22H25F3N3O3+. The minimum Gasteiger partial charge on any atom is -0.406 e. The monoisotopic (exact) mass is 436 g/mol. The Morgan fingerprint density at radius 2 is 1.81 bits per heavy atom. The second-order valence-corrected chi connectivity index (χ2v) is 8.64. The molecule has 0 saturated carbocycles. The number of likely N-dealkylation sites (tertiary alicyclic amines) is 1. The van der Waals surface area contributed by atoms with Crippen molar-refractivity contribution in [1.29, 1.82) is 0 Å². The molecule has 1 fully saturated rings. The van der Waals surface area contributed by atoms with Crippen molar-refractivity contribution in [3.63, 3.8) is 0 Å². The Balaban J connectivity index is 1.58. The summed E-state index contributed by atoms with van der Waals surface area (Å²) >= 11 is 0. The molecule has 3 heterocycles. The molecule has 2 aliphatic rings. The number of hydrogen-bond acceptors (Lipinski definition) is 3. The molecule has 1 saturated heterocycles. The van der Waals surface area contributed by atoms with Gasteiger partial charge in [0.15, 0.2) is 6.54 Å². The van der Waals surface area contributed by atoms with E-state index in [0.717, 1.165) is 17.0 Å². The van der Waals surface area contributed by atoms with Crippen LogP contribution in [-0.2, 0) is 11.3 Å². The number of hydrogen-bond donors (Lipinski definition) is 1. The van der Waals surface area contributed by atoms with Gasteiger partial charge in [0, 0.05) is 36.8 Å². The molecule has 0 unspecified atom stereocenters. The van der Waals surface area contributed by atoms with Crippen molar-refractivity contribution in [2.45, 2.75) is 25.2 Å². The number of fused-ring (bicyclic) bond motifs is 4. The van der Waals surface area contributed by atoms with Crippen LogP contribution in [0.1, 0.15) is 18.0 Å². The van der Waals surface area contributed by atoms with Crippen molar-refractivity contribution in [3.8, 4) is 16.9 Å². The number of nitrogens with one attached hydrogen (secondary N) is 1. The highest BCUT2D eigenvalue weighted by Crippen LogP contribution is 2.36. The Hall–Kier alpha value is -2.81. The van der Waals surface area contributed by atoms with Crippen molar-refractivity contribution in [3.05, 3.63) is 52.4 Å². The molecule has 1 aromatic carbocycles. The number of amides is 1. The quantitative estimate of drug-likeness (QED) is 0.791. The van der Waals surface area contributed by atoms with Gasteiger partial charge in [-0.2, -0.15) is 0 Å². The van der Waals surface area contributed by atoms with Crippen LogP contribution in [0.2, 0.25) is 0 Å². The minimum absolute atomic E-state index is 0.109. The third-order valence-corrected chi connectivity index (χ3v) is 5.86. The van der Waals surface area contributed by atoms with Gasteiger partial charge in [0.2, 0.25) is 0 Å². The van der Waals surface area contributed by atoms with E-state index in [1.807, 2.05) is 25.1 Å². The van der Waals surface area contributed by atoms with Crippen LogP contribution in [0.25, 0.3) is 11.1 Å². The summed E-state index contributed by atoms with van der Waals surface area (Å²) in [7, 11) is 3.89. The fraction of sp³-hybridized carbons (Fsp3) is 0.455. The standard InChI is InChI=1S/C22H24F3N3O3/c1-26(2)13-20(29)27-10-14-9-16(12-27)19-8-7-18(21(30)28(19)11-14)15-3-5-17(6-4-15)31-22(23,24)25/h3-8,14,16H,9-13H2,1-2H3/p+1/t14-,16+/m0/s1. The minimum atomic E-state index is -4.76. The molecule has 6 nitrogen and oxygen atoms in total. The van der Waals surface area contributed by atoms with Crippen molar-refractivity contribution >= 4 is 5.91 Å². The molecule has 2 atom stereocenters. The summed E-state index contributed by atoms with van der Waals surface area (Å²) in [6.45, 7) is 2.22. The van der Waals surface area contributed by atoms with E-state index in [1.54, 1.807) is 10.6 Å². The molecule has 31 heavy (non-hydrogen) atoms. The fourth-order valence-corrected chi connectivity index (χ4v) is 4.62. The molecule has 0 radical (unpaired) electrons. The second-order valence-electron chi connectivity index (χ2n) is 8.64. The maximum absolute atomic E-state index is 13.2. The molecule has 1 amide bonds. The lowest BCUT2D eigenvalue weighted by Gasteiger charge is -2.42. The fourth-order valence-electron chi connectivity index (χ4n) is 4.62. The topological polar surface area (TPSA) is 56.0 Å². The van der Waals surface area contributed by atoms with Gasteiger partial charge in [0.05, 0.1) is 14.1 Å². The summed E-state index contributed by atoms with van der Waals surface area (Å²) in [5.74, 6) is 0.122. The Morgan fingerprint density at radius 1 is 1.10 bits per heavy atom. The van der Waals surface area contributed by atoms with Crippen LogP contribution in [0.15, 0.2) is 41.2 Å². The number of piperidine rings is 1. The Labute approximate surface area is 177 Å². The first-order valence-corrected chi connectivity index (χ1v) is 10.3. The number of carbonyl (C=O) groups excluding carboxylic acids is 1. The maximum atomic E-state index is 13.2. The highest BCUT2D eigenvalue weighted by atomic mass is 19.4. The second kappa shape index (κ2) is 8.03. The van der Waals surface area contributed by atoms with Gasteiger partial charge in [-0.05, 0) is 42.2 Å². The van der Waals surface area contributed by atoms with Gasteiger partial charge in [-0.3, -0.25) is 9.59 Å². The van der Waals surface area contributed by atoms with Crippen molar-refractivity contribution in [2.75, 3.05) is 33.7 Å². The van der Waals surface area contributed by atoms with Crippen molar-refractivity contribution in [2.24, 2.45) is 5.92 Å². The summed E-state index contributed by atoms with van der Waals surface area (Å²) in [6.07, 6.45) is -3.81. The number of aromatic nitrogens is 1. The van der Waals surface area contributed by atoms with Gasteiger partial charge < -0.3 is 19.1 Å². The number of quaternary nitrogens is 1. The van der Waals surface area contributed by atoms with Crippen molar-refractivity contribution in [1.82, 2.24) is 9.47 Å². The van der Waals surface area contributed by atoms with Crippen LogP contribution in [0.4, 0.5) is 13.2 Å². The summed E-state index contributed by atoms with van der Waals surface area (Å²) in [5, 5.41) is 0. The van der Waals surface area contributed by atoms with E-state index in [0.29, 0.717) is 37.3 Å². The van der Waals surface area contributed by atoms with Crippen LogP contribution < -0.4 is 15.2 Å². The largest absolute Gasteiger partial charge is 0.573 e. The maximum Gasteiger partial charge on any atom is 0.573 e. The molecule has 2 aliphatic heterocycles.